The summed E-state index contributed by atoms with van der Waals surface area (Å²) >= 11 is 0. The highest BCUT2D eigenvalue weighted by Gasteiger charge is 2.37. The van der Waals surface area contributed by atoms with Crippen LogP contribution in [-0.4, -0.2) is 49.8 Å². The molecule has 1 heterocycles. The maximum Gasteiger partial charge on any atom is 0.119 e. The predicted molar refractivity (Wildman–Crippen MR) is 110 cm³/mol. The zero-order chi connectivity index (χ0) is 18.5. The van der Waals surface area contributed by atoms with E-state index >= 15 is 0 Å². The van der Waals surface area contributed by atoms with Crippen LogP contribution >= 0.6 is 0 Å². The summed E-state index contributed by atoms with van der Waals surface area (Å²) in [6.07, 6.45) is 3.33. The normalized spacial score (nSPS) is 24.9. The largest absolute Gasteiger partial charge is 0.493 e. The summed E-state index contributed by atoms with van der Waals surface area (Å²) in [5.41, 5.74) is 8.71. The van der Waals surface area contributed by atoms with Gasteiger partial charge in [0.05, 0.1) is 6.61 Å². The quantitative estimate of drug-likeness (QED) is 0.717. The number of nitrogens with two attached hydrogens (primary N) is 1. The summed E-state index contributed by atoms with van der Waals surface area (Å²) < 4.78 is 5.89. The van der Waals surface area contributed by atoms with Crippen LogP contribution in [0.15, 0.2) is 54.6 Å². The van der Waals surface area contributed by atoms with Crippen molar-refractivity contribution in [3.8, 4) is 5.75 Å². The third-order valence-electron chi connectivity index (χ3n) is 5.74. The van der Waals surface area contributed by atoms with E-state index in [9.17, 15) is 0 Å². The van der Waals surface area contributed by atoms with Crippen molar-refractivity contribution in [1.29, 1.82) is 0 Å². The lowest BCUT2D eigenvalue weighted by atomic mass is 10.1. The van der Waals surface area contributed by atoms with Crippen LogP contribution in [0.3, 0.4) is 0 Å². The highest BCUT2D eigenvalue weighted by Crippen LogP contribution is 2.41. The molecule has 2 fully saturated rings. The van der Waals surface area contributed by atoms with Crippen molar-refractivity contribution in [1.82, 2.24) is 10.2 Å². The third kappa shape index (κ3) is 5.32. The molecule has 4 heteroatoms. The molecule has 0 aromatic heterocycles. The lowest BCUT2D eigenvalue weighted by molar-refractivity contribution is 0.322. The number of rotatable bonds is 9. The lowest BCUT2D eigenvalue weighted by Gasteiger charge is -2.15. The average molecular weight is 366 g/mol. The van der Waals surface area contributed by atoms with E-state index in [4.69, 9.17) is 10.5 Å². The molecule has 0 bridgehead atoms. The van der Waals surface area contributed by atoms with Gasteiger partial charge in [0.25, 0.3) is 0 Å². The van der Waals surface area contributed by atoms with Crippen molar-refractivity contribution in [3.05, 3.63) is 65.7 Å². The van der Waals surface area contributed by atoms with Gasteiger partial charge in [-0.3, -0.25) is 0 Å². The summed E-state index contributed by atoms with van der Waals surface area (Å²) in [5.74, 6) is 1.62. The second-order valence-electron chi connectivity index (χ2n) is 7.91. The van der Waals surface area contributed by atoms with Crippen LogP contribution in [-0.2, 0) is 6.42 Å². The molecular weight excluding hydrogens is 334 g/mol. The van der Waals surface area contributed by atoms with Crippen LogP contribution in [0.25, 0.3) is 0 Å². The second-order valence-corrected chi connectivity index (χ2v) is 7.91. The van der Waals surface area contributed by atoms with Crippen molar-refractivity contribution in [2.75, 3.05) is 32.8 Å². The Hall–Kier alpha value is -1.88. The molecule has 1 saturated carbocycles. The molecular formula is C23H31N3O. The molecule has 2 aromatic carbocycles. The van der Waals surface area contributed by atoms with E-state index in [1.54, 1.807) is 0 Å². The van der Waals surface area contributed by atoms with E-state index in [1.807, 2.05) is 6.07 Å². The molecule has 4 nitrogen and oxygen atoms in total. The van der Waals surface area contributed by atoms with Gasteiger partial charge in [-0.1, -0.05) is 42.5 Å². The first-order valence-electron chi connectivity index (χ1n) is 10.3. The molecule has 0 spiro atoms. The van der Waals surface area contributed by atoms with E-state index in [1.165, 1.54) is 17.5 Å². The molecule has 3 atom stereocenters. The molecule has 144 valence electrons. The minimum absolute atomic E-state index is 0.382. The molecule has 1 aliphatic heterocycles. The predicted octanol–water partition coefficient (Wildman–Crippen LogP) is 2.79. The molecule has 2 aliphatic rings. The smallest absolute Gasteiger partial charge is 0.119 e. The summed E-state index contributed by atoms with van der Waals surface area (Å²) in [6.45, 7) is 5.11. The second kappa shape index (κ2) is 8.87. The number of ether oxygens (including phenoxy) is 1. The Balaban J connectivity index is 1.15. The number of nitrogens with one attached hydrogen (secondary N) is 1. The standard InChI is InChI=1S/C23H31N3O/c24-20-10-13-26(17-20)14-12-25-23-16-22(23)19-6-8-21(9-7-19)27-15-11-18-4-2-1-3-5-18/h1-9,20,22-23,25H,10-17,24H2/t20-,22?,23+/m1/s1. The maximum absolute atomic E-state index is 5.97. The average Bonchev–Trinajstić information content (AvgIpc) is 3.35. The summed E-state index contributed by atoms with van der Waals surface area (Å²) in [5, 5.41) is 3.70. The Morgan fingerprint density at radius 2 is 1.89 bits per heavy atom. The van der Waals surface area contributed by atoms with E-state index < -0.39 is 0 Å². The van der Waals surface area contributed by atoms with Gasteiger partial charge in [0.2, 0.25) is 0 Å². The minimum atomic E-state index is 0.382. The van der Waals surface area contributed by atoms with E-state index in [2.05, 4.69) is 58.7 Å². The highest BCUT2D eigenvalue weighted by atomic mass is 16.5. The maximum atomic E-state index is 5.97. The molecule has 4 rings (SSSR count). The van der Waals surface area contributed by atoms with Crippen LogP contribution < -0.4 is 15.8 Å². The Morgan fingerprint density at radius 1 is 1.07 bits per heavy atom. The first-order chi connectivity index (χ1) is 13.3. The zero-order valence-corrected chi connectivity index (χ0v) is 16.0. The summed E-state index contributed by atoms with van der Waals surface area (Å²) in [7, 11) is 0. The van der Waals surface area contributed by atoms with E-state index in [0.29, 0.717) is 18.0 Å². The number of benzene rings is 2. The van der Waals surface area contributed by atoms with Gasteiger partial charge < -0.3 is 20.7 Å². The van der Waals surface area contributed by atoms with Crippen LogP contribution in [0.5, 0.6) is 5.75 Å². The van der Waals surface area contributed by atoms with Crippen molar-refractivity contribution in [2.24, 2.45) is 5.73 Å². The Morgan fingerprint density at radius 3 is 2.63 bits per heavy atom. The molecule has 0 radical (unpaired) electrons. The number of hydrogen-bond donors (Lipinski definition) is 2. The molecule has 1 unspecified atom stereocenters. The third-order valence-corrected chi connectivity index (χ3v) is 5.74. The fourth-order valence-electron chi connectivity index (χ4n) is 4.01. The van der Waals surface area contributed by atoms with Gasteiger partial charge in [-0.05, 0) is 42.6 Å². The van der Waals surface area contributed by atoms with Crippen molar-refractivity contribution in [3.63, 3.8) is 0 Å². The first-order valence-corrected chi connectivity index (χ1v) is 10.3. The van der Waals surface area contributed by atoms with Crippen LogP contribution in [0.1, 0.15) is 29.9 Å². The van der Waals surface area contributed by atoms with Crippen molar-refractivity contribution in [2.45, 2.75) is 37.3 Å². The Kier molecular flexibility index (Phi) is 6.07. The van der Waals surface area contributed by atoms with Gasteiger partial charge >= 0.3 is 0 Å². The van der Waals surface area contributed by atoms with E-state index in [-0.39, 0.29) is 0 Å². The Bertz CT molecular complexity index is 703. The molecule has 0 amide bonds. The van der Waals surface area contributed by atoms with Crippen LogP contribution in [0, 0.1) is 0 Å². The summed E-state index contributed by atoms with van der Waals surface area (Å²) in [4.78, 5) is 2.47. The van der Waals surface area contributed by atoms with Gasteiger partial charge in [0.15, 0.2) is 0 Å². The SMILES string of the molecule is N[C@@H]1CCN(CCN[C@H]2CC2c2ccc(OCCc3ccccc3)cc2)C1. The molecule has 3 N–H and O–H groups in total. The fraction of sp³-hybridized carbons (Fsp3) is 0.478. The molecule has 2 aromatic rings. The van der Waals surface area contributed by atoms with Gasteiger partial charge in [-0.15, -0.1) is 0 Å². The van der Waals surface area contributed by atoms with E-state index in [0.717, 1.165) is 51.4 Å². The number of hydrogen-bond acceptors (Lipinski definition) is 4. The molecule has 1 saturated heterocycles. The van der Waals surface area contributed by atoms with Gasteiger partial charge in [-0.2, -0.15) is 0 Å². The van der Waals surface area contributed by atoms with Gasteiger partial charge in [-0.25, -0.2) is 0 Å². The molecule has 27 heavy (non-hydrogen) atoms. The zero-order valence-electron chi connectivity index (χ0n) is 16.0. The van der Waals surface area contributed by atoms with Crippen LogP contribution in [0.2, 0.25) is 0 Å². The first kappa shape index (κ1) is 18.5. The van der Waals surface area contributed by atoms with Gasteiger partial charge in [0, 0.05) is 44.1 Å². The highest BCUT2D eigenvalue weighted by molar-refractivity contribution is 5.33. The van der Waals surface area contributed by atoms with Gasteiger partial charge in [0.1, 0.15) is 5.75 Å². The number of likely N-dealkylation sites (tertiary alicyclic amines) is 1. The molecule has 1 aliphatic carbocycles. The minimum Gasteiger partial charge on any atom is -0.493 e. The fourth-order valence-corrected chi connectivity index (χ4v) is 4.01. The topological polar surface area (TPSA) is 50.5 Å². The lowest BCUT2D eigenvalue weighted by Crippen LogP contribution is -2.33. The monoisotopic (exact) mass is 365 g/mol. The van der Waals surface area contributed by atoms with Crippen molar-refractivity contribution >= 4 is 0 Å². The van der Waals surface area contributed by atoms with Crippen LogP contribution in [0.4, 0.5) is 0 Å². The Labute approximate surface area is 162 Å². The number of nitrogens with zero attached hydrogens (tertiary/aromatic N) is 1. The van der Waals surface area contributed by atoms with Crippen molar-refractivity contribution < 1.29 is 4.74 Å². The summed E-state index contributed by atoms with van der Waals surface area (Å²) in [6, 6.07) is 20.2.